The van der Waals surface area contributed by atoms with Gasteiger partial charge in [-0.2, -0.15) is 0 Å². The number of fused-ring (bicyclic) bond motifs is 5. The summed E-state index contributed by atoms with van der Waals surface area (Å²) < 4.78 is 2.47. The predicted octanol–water partition coefficient (Wildman–Crippen LogP) is 7.06. The van der Waals surface area contributed by atoms with Gasteiger partial charge < -0.3 is 19.5 Å². The van der Waals surface area contributed by atoms with Crippen LogP contribution in [-0.2, 0) is 6.54 Å². The minimum absolute atomic E-state index is 0.386. The number of hydrogen-bond donors (Lipinski definition) is 1. The van der Waals surface area contributed by atoms with E-state index in [0.717, 1.165) is 38.1 Å². The van der Waals surface area contributed by atoms with Crippen LogP contribution in [0.1, 0.15) is 85.2 Å². The fraction of sp³-hybridized carbons (Fsp3) is 0.531. The summed E-state index contributed by atoms with van der Waals surface area (Å²) in [5, 5.41) is 11.0. The zero-order valence-electron chi connectivity index (χ0n) is 22.3. The molecule has 5 heteroatoms. The minimum atomic E-state index is -0.845. The highest BCUT2D eigenvalue weighted by Gasteiger charge is 2.30. The van der Waals surface area contributed by atoms with Crippen LogP contribution in [0.3, 0.4) is 0 Å². The van der Waals surface area contributed by atoms with Crippen molar-refractivity contribution in [3.8, 4) is 11.3 Å². The topological polar surface area (TPSA) is 48.7 Å². The number of piperidine rings is 1. The number of carbonyl (C=O) groups is 1. The summed E-state index contributed by atoms with van der Waals surface area (Å²) in [4.78, 5) is 17.2. The van der Waals surface area contributed by atoms with Gasteiger partial charge >= 0.3 is 5.97 Å². The largest absolute Gasteiger partial charge is 0.478 e. The second kappa shape index (κ2) is 10.5. The average Bonchev–Trinajstić information content (AvgIpc) is 3.23. The standard InChI is InChI=1S/C32H41N3O2/c1-23-11-13-27-28(21-23)34(20-19-33-15-6-3-7-16-33)17-8-18-35-29-22-25(32(36)37)12-14-26(29)30(31(27)35)24-9-4-2-5-10-24/h11-14,21-22,24H,2-10,15-20H2,1H3,(H,36,37). The summed E-state index contributed by atoms with van der Waals surface area (Å²) in [5.41, 5.74) is 8.30. The molecule has 0 bridgehead atoms. The van der Waals surface area contributed by atoms with Crippen molar-refractivity contribution >= 4 is 22.6 Å². The van der Waals surface area contributed by atoms with Crippen LogP contribution in [0.5, 0.6) is 0 Å². The molecular formula is C32H41N3O2. The Bertz CT molecular complexity index is 1280. The summed E-state index contributed by atoms with van der Waals surface area (Å²) in [6.07, 6.45) is 11.5. The van der Waals surface area contributed by atoms with Crippen molar-refractivity contribution in [2.45, 2.75) is 77.2 Å². The summed E-state index contributed by atoms with van der Waals surface area (Å²) in [5.74, 6) is -0.305. The number of benzene rings is 2. The molecule has 0 amide bonds. The van der Waals surface area contributed by atoms with Crippen LogP contribution in [0.25, 0.3) is 22.2 Å². The van der Waals surface area contributed by atoms with Gasteiger partial charge in [-0.3, -0.25) is 0 Å². The SMILES string of the molecule is Cc1ccc2c(c1)N(CCN1CCCCC1)CCCn1c-2c(C2CCCCC2)c2ccc(C(=O)O)cc21. The Labute approximate surface area is 221 Å². The molecule has 3 aromatic rings. The smallest absolute Gasteiger partial charge is 0.335 e. The first-order valence-electron chi connectivity index (χ1n) is 14.6. The molecule has 2 aromatic carbocycles. The molecular weight excluding hydrogens is 458 g/mol. The zero-order valence-corrected chi connectivity index (χ0v) is 22.3. The van der Waals surface area contributed by atoms with Gasteiger partial charge in [-0.15, -0.1) is 0 Å². The highest BCUT2D eigenvalue weighted by molar-refractivity contribution is 5.99. The number of anilines is 1. The second-order valence-electron chi connectivity index (χ2n) is 11.5. The Morgan fingerprint density at radius 2 is 1.65 bits per heavy atom. The number of aromatic nitrogens is 1. The van der Waals surface area contributed by atoms with Crippen LogP contribution in [-0.4, -0.2) is 53.3 Å². The van der Waals surface area contributed by atoms with Gasteiger partial charge in [-0.1, -0.05) is 43.9 Å². The van der Waals surface area contributed by atoms with Crippen LogP contribution in [0.2, 0.25) is 0 Å². The molecule has 0 spiro atoms. The number of hydrogen-bond acceptors (Lipinski definition) is 3. The van der Waals surface area contributed by atoms with Crippen molar-refractivity contribution in [1.29, 1.82) is 0 Å². The number of carboxylic acid groups (broad SMARTS) is 1. The van der Waals surface area contributed by atoms with E-state index in [0.29, 0.717) is 11.5 Å². The molecule has 2 fully saturated rings. The zero-order chi connectivity index (χ0) is 25.4. The van der Waals surface area contributed by atoms with Crippen molar-refractivity contribution in [3.63, 3.8) is 0 Å². The normalized spacial score (nSPS) is 19.3. The lowest BCUT2D eigenvalue weighted by atomic mass is 9.81. The van der Waals surface area contributed by atoms with Gasteiger partial charge in [-0.25, -0.2) is 4.79 Å². The van der Waals surface area contributed by atoms with Gasteiger partial charge in [0.25, 0.3) is 0 Å². The molecule has 1 saturated carbocycles. The number of rotatable bonds is 5. The van der Waals surface area contributed by atoms with E-state index in [-0.39, 0.29) is 0 Å². The lowest BCUT2D eigenvalue weighted by molar-refractivity contribution is 0.0697. The first kappa shape index (κ1) is 24.5. The maximum atomic E-state index is 11.9. The van der Waals surface area contributed by atoms with E-state index < -0.39 is 5.97 Å². The lowest BCUT2D eigenvalue weighted by Gasteiger charge is -2.34. The molecule has 3 heterocycles. The molecule has 0 unspecified atom stereocenters. The van der Waals surface area contributed by atoms with Gasteiger partial charge in [-0.05, 0) is 87.4 Å². The molecule has 5 nitrogen and oxygen atoms in total. The van der Waals surface area contributed by atoms with Crippen molar-refractivity contribution in [2.75, 3.05) is 37.6 Å². The van der Waals surface area contributed by atoms with E-state index in [4.69, 9.17) is 0 Å². The fourth-order valence-corrected chi connectivity index (χ4v) is 7.16. The molecule has 0 radical (unpaired) electrons. The van der Waals surface area contributed by atoms with Gasteiger partial charge in [0.2, 0.25) is 0 Å². The van der Waals surface area contributed by atoms with Gasteiger partial charge in [0.15, 0.2) is 0 Å². The molecule has 1 N–H and O–H groups in total. The van der Waals surface area contributed by atoms with E-state index in [9.17, 15) is 9.90 Å². The Morgan fingerprint density at radius 1 is 0.865 bits per heavy atom. The summed E-state index contributed by atoms with van der Waals surface area (Å²) in [7, 11) is 0. The number of aryl methyl sites for hydroxylation is 2. The van der Waals surface area contributed by atoms with Crippen LogP contribution in [0.4, 0.5) is 5.69 Å². The number of nitrogens with zero attached hydrogens (tertiary/aromatic N) is 3. The number of aromatic carboxylic acids is 1. The van der Waals surface area contributed by atoms with E-state index in [2.05, 4.69) is 45.6 Å². The van der Waals surface area contributed by atoms with Gasteiger partial charge in [0.05, 0.1) is 11.3 Å². The first-order chi connectivity index (χ1) is 18.1. The number of carboxylic acids is 1. The first-order valence-corrected chi connectivity index (χ1v) is 14.6. The molecule has 1 aliphatic carbocycles. The van der Waals surface area contributed by atoms with Crippen LogP contribution in [0, 0.1) is 6.92 Å². The van der Waals surface area contributed by atoms with Crippen LogP contribution in [0.15, 0.2) is 36.4 Å². The summed E-state index contributed by atoms with van der Waals surface area (Å²) >= 11 is 0. The Kier molecular flexibility index (Phi) is 6.98. The molecule has 0 atom stereocenters. The van der Waals surface area contributed by atoms with E-state index >= 15 is 0 Å². The van der Waals surface area contributed by atoms with Crippen LogP contribution < -0.4 is 4.90 Å². The summed E-state index contributed by atoms with van der Waals surface area (Å²) in [6.45, 7) is 8.84. The Hall–Kier alpha value is -2.79. The third-order valence-corrected chi connectivity index (χ3v) is 9.06. The monoisotopic (exact) mass is 499 g/mol. The van der Waals surface area contributed by atoms with Crippen molar-refractivity contribution in [3.05, 3.63) is 53.1 Å². The van der Waals surface area contributed by atoms with Gasteiger partial charge in [0, 0.05) is 48.3 Å². The molecule has 196 valence electrons. The molecule has 6 rings (SSSR count). The lowest BCUT2D eigenvalue weighted by Crippen LogP contribution is -2.39. The molecule has 2 aliphatic heterocycles. The highest BCUT2D eigenvalue weighted by Crippen LogP contribution is 2.47. The highest BCUT2D eigenvalue weighted by atomic mass is 16.4. The van der Waals surface area contributed by atoms with E-state index in [1.807, 2.05) is 12.1 Å². The predicted molar refractivity (Wildman–Crippen MR) is 152 cm³/mol. The maximum Gasteiger partial charge on any atom is 0.335 e. The third kappa shape index (κ3) is 4.79. The van der Waals surface area contributed by atoms with Crippen molar-refractivity contribution in [2.24, 2.45) is 0 Å². The molecule has 1 aromatic heterocycles. The summed E-state index contributed by atoms with van der Waals surface area (Å²) in [6, 6.07) is 12.8. The Balaban J connectivity index is 1.50. The minimum Gasteiger partial charge on any atom is -0.478 e. The van der Waals surface area contributed by atoms with E-state index in [1.165, 1.54) is 97.9 Å². The van der Waals surface area contributed by atoms with Crippen molar-refractivity contribution < 1.29 is 9.90 Å². The second-order valence-corrected chi connectivity index (χ2v) is 11.5. The van der Waals surface area contributed by atoms with E-state index in [1.54, 1.807) is 0 Å². The third-order valence-electron chi connectivity index (χ3n) is 9.06. The Morgan fingerprint density at radius 3 is 2.43 bits per heavy atom. The average molecular weight is 500 g/mol. The maximum absolute atomic E-state index is 11.9. The van der Waals surface area contributed by atoms with Crippen LogP contribution >= 0.6 is 0 Å². The molecule has 1 saturated heterocycles. The van der Waals surface area contributed by atoms with Crippen molar-refractivity contribution in [1.82, 2.24) is 9.47 Å². The number of likely N-dealkylation sites (tertiary alicyclic amines) is 1. The molecule has 37 heavy (non-hydrogen) atoms. The van der Waals surface area contributed by atoms with Gasteiger partial charge in [0.1, 0.15) is 0 Å². The molecule has 3 aliphatic rings. The quantitative estimate of drug-likeness (QED) is 0.408. The fourth-order valence-electron chi connectivity index (χ4n) is 7.16.